The normalized spacial score (nSPS) is 14.6. The summed E-state index contributed by atoms with van der Waals surface area (Å²) in [7, 11) is 1.60. The van der Waals surface area contributed by atoms with Crippen molar-refractivity contribution in [1.82, 2.24) is 0 Å². The van der Waals surface area contributed by atoms with E-state index in [1.54, 1.807) is 7.11 Å². The van der Waals surface area contributed by atoms with Gasteiger partial charge in [-0.3, -0.25) is 0 Å². The Bertz CT molecular complexity index is 657. The lowest BCUT2D eigenvalue weighted by Crippen LogP contribution is -2.16. The first-order valence-corrected chi connectivity index (χ1v) is 7.39. The van der Waals surface area contributed by atoms with Crippen LogP contribution in [0.25, 0.3) is 0 Å². The first-order valence-electron chi connectivity index (χ1n) is 6.60. The van der Waals surface area contributed by atoms with Crippen molar-refractivity contribution in [2.24, 2.45) is 0 Å². The van der Waals surface area contributed by atoms with Crippen molar-refractivity contribution in [2.75, 3.05) is 20.3 Å². The van der Waals surface area contributed by atoms with Crippen LogP contribution in [0.1, 0.15) is 17.2 Å². The lowest BCUT2D eigenvalue weighted by Gasteiger charge is -2.22. The van der Waals surface area contributed by atoms with Crippen LogP contribution in [0.15, 0.2) is 40.9 Å². The van der Waals surface area contributed by atoms with E-state index >= 15 is 0 Å². The second-order valence-corrected chi connectivity index (χ2v) is 5.56. The molecule has 0 fully saturated rings. The largest absolute Gasteiger partial charge is 0.497 e. The van der Waals surface area contributed by atoms with Crippen molar-refractivity contribution in [3.8, 4) is 17.2 Å². The Morgan fingerprint density at radius 3 is 2.76 bits per heavy atom. The molecule has 0 aromatic heterocycles. The molecule has 5 heteroatoms. The summed E-state index contributed by atoms with van der Waals surface area (Å²) >= 11 is 3.46. The molecule has 1 aliphatic rings. The Kier molecular flexibility index (Phi) is 4.03. The predicted octanol–water partition coefficient (Wildman–Crippen LogP) is 3.31. The summed E-state index contributed by atoms with van der Waals surface area (Å²) in [5.74, 6) is 2.04. The fourth-order valence-corrected chi connectivity index (χ4v) is 2.87. The number of hydrogen-bond acceptors (Lipinski definition) is 4. The number of halogens is 1. The van der Waals surface area contributed by atoms with Crippen molar-refractivity contribution >= 4 is 15.9 Å². The van der Waals surface area contributed by atoms with Crippen LogP contribution >= 0.6 is 15.9 Å². The average Bonchev–Trinajstić information content (AvgIpc) is 2.54. The standard InChI is InChI=1S/C16H15BrO4/c1-19-12-4-2-3-10(7-12)15(18)11-8-13(17)16-14(9-11)20-5-6-21-16/h2-4,7-9,15,18H,5-6H2,1H3. The minimum absolute atomic E-state index is 0.512. The van der Waals surface area contributed by atoms with Gasteiger partial charge in [0.25, 0.3) is 0 Å². The molecule has 1 aliphatic heterocycles. The molecule has 0 bridgehead atoms. The summed E-state index contributed by atoms with van der Waals surface area (Å²) in [6.07, 6.45) is -0.757. The lowest BCUT2D eigenvalue weighted by atomic mass is 10.0. The zero-order valence-electron chi connectivity index (χ0n) is 11.5. The first kappa shape index (κ1) is 14.2. The summed E-state index contributed by atoms with van der Waals surface area (Å²) < 4.78 is 17.1. The van der Waals surface area contributed by atoms with Gasteiger partial charge in [-0.25, -0.2) is 0 Å². The molecule has 0 saturated carbocycles. The van der Waals surface area contributed by atoms with Crippen LogP contribution in [0.3, 0.4) is 0 Å². The van der Waals surface area contributed by atoms with Gasteiger partial charge in [0.2, 0.25) is 0 Å². The minimum Gasteiger partial charge on any atom is -0.497 e. The van der Waals surface area contributed by atoms with Crippen LogP contribution < -0.4 is 14.2 Å². The number of ether oxygens (including phenoxy) is 3. The molecule has 0 amide bonds. The minimum atomic E-state index is -0.757. The number of aliphatic hydroxyl groups excluding tert-OH is 1. The maximum absolute atomic E-state index is 10.6. The molecule has 2 aromatic rings. The smallest absolute Gasteiger partial charge is 0.175 e. The highest BCUT2D eigenvalue weighted by Gasteiger charge is 2.20. The van der Waals surface area contributed by atoms with Gasteiger partial charge in [0.05, 0.1) is 11.6 Å². The van der Waals surface area contributed by atoms with Crippen LogP contribution in [0, 0.1) is 0 Å². The van der Waals surface area contributed by atoms with E-state index in [0.29, 0.717) is 30.5 Å². The molecule has 4 nitrogen and oxygen atoms in total. The highest BCUT2D eigenvalue weighted by atomic mass is 79.9. The van der Waals surface area contributed by atoms with E-state index in [9.17, 15) is 5.11 Å². The quantitative estimate of drug-likeness (QED) is 0.922. The topological polar surface area (TPSA) is 47.9 Å². The number of hydrogen-bond donors (Lipinski definition) is 1. The Morgan fingerprint density at radius 2 is 1.95 bits per heavy atom. The Balaban J connectivity index is 1.97. The first-order chi connectivity index (χ1) is 10.2. The van der Waals surface area contributed by atoms with E-state index in [0.717, 1.165) is 15.6 Å². The molecule has 0 aliphatic carbocycles. The Hall–Kier alpha value is -1.72. The van der Waals surface area contributed by atoms with Gasteiger partial charge in [-0.1, -0.05) is 12.1 Å². The van der Waals surface area contributed by atoms with E-state index in [-0.39, 0.29) is 0 Å². The van der Waals surface area contributed by atoms with Gasteiger partial charge in [-0.05, 0) is 51.3 Å². The number of methoxy groups -OCH3 is 1. The zero-order valence-corrected chi connectivity index (χ0v) is 13.1. The highest BCUT2D eigenvalue weighted by Crippen LogP contribution is 2.41. The van der Waals surface area contributed by atoms with E-state index in [1.165, 1.54) is 0 Å². The number of fused-ring (bicyclic) bond motifs is 1. The molecule has 0 saturated heterocycles. The average molecular weight is 351 g/mol. The van der Waals surface area contributed by atoms with Crippen molar-refractivity contribution in [3.63, 3.8) is 0 Å². The number of aliphatic hydroxyl groups is 1. The summed E-state index contributed by atoms with van der Waals surface area (Å²) in [5, 5.41) is 10.6. The molecular weight excluding hydrogens is 336 g/mol. The third kappa shape index (κ3) is 2.84. The van der Waals surface area contributed by atoms with Crippen LogP contribution in [-0.4, -0.2) is 25.4 Å². The fraction of sp³-hybridized carbons (Fsp3) is 0.250. The maximum atomic E-state index is 10.6. The monoisotopic (exact) mass is 350 g/mol. The zero-order chi connectivity index (χ0) is 14.8. The van der Waals surface area contributed by atoms with Gasteiger partial charge >= 0.3 is 0 Å². The van der Waals surface area contributed by atoms with E-state index in [4.69, 9.17) is 14.2 Å². The molecular formula is C16H15BrO4. The molecule has 1 atom stereocenters. The molecule has 3 rings (SSSR count). The van der Waals surface area contributed by atoms with Gasteiger partial charge in [-0.2, -0.15) is 0 Å². The van der Waals surface area contributed by atoms with Crippen LogP contribution in [0.4, 0.5) is 0 Å². The van der Waals surface area contributed by atoms with Gasteiger partial charge < -0.3 is 19.3 Å². The Labute approximate surface area is 131 Å². The van der Waals surface area contributed by atoms with Gasteiger partial charge in [-0.15, -0.1) is 0 Å². The summed E-state index contributed by atoms with van der Waals surface area (Å²) in [6.45, 7) is 1.04. The molecule has 0 radical (unpaired) electrons. The fourth-order valence-electron chi connectivity index (χ4n) is 2.29. The number of benzene rings is 2. The SMILES string of the molecule is COc1cccc(C(O)c2cc(Br)c3c(c2)OCCO3)c1. The molecule has 1 unspecified atom stereocenters. The summed E-state index contributed by atoms with van der Waals surface area (Å²) in [4.78, 5) is 0. The highest BCUT2D eigenvalue weighted by molar-refractivity contribution is 9.10. The molecule has 0 spiro atoms. The summed E-state index contributed by atoms with van der Waals surface area (Å²) in [6, 6.07) is 11.0. The lowest BCUT2D eigenvalue weighted by molar-refractivity contribution is 0.168. The summed E-state index contributed by atoms with van der Waals surface area (Å²) in [5.41, 5.74) is 1.50. The Morgan fingerprint density at radius 1 is 1.14 bits per heavy atom. The van der Waals surface area contributed by atoms with Gasteiger partial charge in [0.15, 0.2) is 11.5 Å². The third-order valence-corrected chi connectivity index (χ3v) is 3.93. The van der Waals surface area contributed by atoms with Crippen molar-refractivity contribution in [1.29, 1.82) is 0 Å². The van der Waals surface area contributed by atoms with Crippen molar-refractivity contribution < 1.29 is 19.3 Å². The van der Waals surface area contributed by atoms with Gasteiger partial charge in [0, 0.05) is 0 Å². The maximum Gasteiger partial charge on any atom is 0.175 e. The third-order valence-electron chi connectivity index (χ3n) is 3.34. The van der Waals surface area contributed by atoms with E-state index in [1.807, 2.05) is 36.4 Å². The van der Waals surface area contributed by atoms with Crippen LogP contribution in [0.5, 0.6) is 17.2 Å². The van der Waals surface area contributed by atoms with Crippen molar-refractivity contribution in [3.05, 3.63) is 52.0 Å². The van der Waals surface area contributed by atoms with Crippen molar-refractivity contribution in [2.45, 2.75) is 6.10 Å². The molecule has 1 heterocycles. The second-order valence-electron chi connectivity index (χ2n) is 4.71. The predicted molar refractivity (Wildman–Crippen MR) is 82.2 cm³/mol. The van der Waals surface area contributed by atoms with Gasteiger partial charge in [0.1, 0.15) is 25.1 Å². The van der Waals surface area contributed by atoms with Crippen LogP contribution in [0.2, 0.25) is 0 Å². The van der Waals surface area contributed by atoms with E-state index in [2.05, 4.69) is 15.9 Å². The van der Waals surface area contributed by atoms with Crippen LogP contribution in [-0.2, 0) is 0 Å². The molecule has 21 heavy (non-hydrogen) atoms. The molecule has 110 valence electrons. The molecule has 1 N–H and O–H groups in total. The number of rotatable bonds is 3. The second kappa shape index (κ2) is 5.95. The van der Waals surface area contributed by atoms with E-state index < -0.39 is 6.10 Å². The molecule has 2 aromatic carbocycles.